The van der Waals surface area contributed by atoms with Crippen LogP contribution in [-0.4, -0.2) is 21.6 Å². The van der Waals surface area contributed by atoms with Crippen molar-refractivity contribution in [2.45, 2.75) is 25.7 Å². The molecule has 0 spiro atoms. The van der Waals surface area contributed by atoms with Gasteiger partial charge in [-0.25, -0.2) is 8.37 Å². The normalized spacial score (nSPS) is 23.4. The van der Waals surface area contributed by atoms with Gasteiger partial charge in [-0.15, -0.1) is 0 Å². The first-order valence-corrected chi connectivity index (χ1v) is 6.03. The monoisotopic (exact) mass is 206 g/mol. The first-order chi connectivity index (χ1) is 6.16. The van der Waals surface area contributed by atoms with Gasteiger partial charge in [-0.1, -0.05) is 0 Å². The summed E-state index contributed by atoms with van der Waals surface area (Å²) in [6, 6.07) is 0. The zero-order valence-corrected chi connectivity index (χ0v) is 8.26. The number of hydrogen-bond donors (Lipinski definition) is 0. The molecule has 0 aliphatic heterocycles. The third-order valence-electron chi connectivity index (χ3n) is 2.29. The molecule has 76 valence electrons. The van der Waals surface area contributed by atoms with Crippen molar-refractivity contribution in [3.05, 3.63) is 0 Å². The van der Waals surface area contributed by atoms with Crippen LogP contribution in [0.25, 0.3) is 0 Å². The van der Waals surface area contributed by atoms with Gasteiger partial charge in [0.15, 0.2) is 0 Å². The Balaban J connectivity index is 1.66. The Bertz CT molecular complexity index is 242. The Morgan fingerprint density at radius 1 is 0.923 bits per heavy atom. The molecular formula is C8H14O4S. The lowest BCUT2D eigenvalue weighted by Crippen LogP contribution is -2.13. The van der Waals surface area contributed by atoms with Gasteiger partial charge in [-0.3, -0.25) is 0 Å². The van der Waals surface area contributed by atoms with Crippen LogP contribution in [0, 0.1) is 11.8 Å². The van der Waals surface area contributed by atoms with Gasteiger partial charge in [-0.2, -0.15) is 8.42 Å². The predicted molar refractivity (Wildman–Crippen MR) is 46.3 cm³/mol. The minimum Gasteiger partial charge on any atom is -0.248 e. The molecule has 0 aromatic rings. The Hall–Kier alpha value is -0.130. The predicted octanol–water partition coefficient (Wildman–Crippen LogP) is 1.08. The Morgan fingerprint density at radius 3 is 1.62 bits per heavy atom. The molecule has 2 aliphatic rings. The van der Waals surface area contributed by atoms with Crippen LogP contribution >= 0.6 is 0 Å². The molecule has 0 bridgehead atoms. The van der Waals surface area contributed by atoms with Gasteiger partial charge in [0, 0.05) is 0 Å². The Kier molecular flexibility index (Phi) is 2.58. The van der Waals surface area contributed by atoms with Crippen LogP contribution in [0.1, 0.15) is 25.7 Å². The van der Waals surface area contributed by atoms with Crippen LogP contribution in [-0.2, 0) is 18.8 Å². The summed E-state index contributed by atoms with van der Waals surface area (Å²) in [5.74, 6) is 0.888. The molecule has 5 heteroatoms. The Labute approximate surface area is 78.6 Å². The summed E-state index contributed by atoms with van der Waals surface area (Å²) in [7, 11) is -3.69. The summed E-state index contributed by atoms with van der Waals surface area (Å²) in [6.07, 6.45) is 4.33. The van der Waals surface area contributed by atoms with E-state index in [-0.39, 0.29) is 0 Å². The zero-order chi connectivity index (χ0) is 9.31. The molecule has 0 aromatic heterocycles. The van der Waals surface area contributed by atoms with E-state index in [9.17, 15) is 8.42 Å². The fourth-order valence-electron chi connectivity index (χ4n) is 0.962. The highest BCUT2D eigenvalue weighted by atomic mass is 32.3. The van der Waals surface area contributed by atoms with E-state index >= 15 is 0 Å². The SMILES string of the molecule is O=S(=O)(OCC1CC1)OCC1CC1. The summed E-state index contributed by atoms with van der Waals surface area (Å²) < 4.78 is 31.5. The topological polar surface area (TPSA) is 52.6 Å². The smallest absolute Gasteiger partial charge is 0.248 e. The van der Waals surface area contributed by atoms with Gasteiger partial charge in [-0.05, 0) is 37.5 Å². The minimum absolute atomic E-state index is 0.299. The third kappa shape index (κ3) is 3.62. The van der Waals surface area contributed by atoms with Crippen LogP contribution < -0.4 is 0 Å². The molecule has 4 nitrogen and oxygen atoms in total. The van der Waals surface area contributed by atoms with E-state index in [0.29, 0.717) is 25.0 Å². The van der Waals surface area contributed by atoms with E-state index in [1.165, 1.54) is 0 Å². The highest BCUT2D eigenvalue weighted by molar-refractivity contribution is 7.81. The van der Waals surface area contributed by atoms with Crippen molar-refractivity contribution in [3.8, 4) is 0 Å². The summed E-state index contributed by atoms with van der Waals surface area (Å²) >= 11 is 0. The maximum Gasteiger partial charge on any atom is 0.399 e. The lowest BCUT2D eigenvalue weighted by molar-refractivity contribution is 0.202. The minimum atomic E-state index is -3.69. The second-order valence-corrected chi connectivity index (χ2v) is 5.15. The molecule has 0 radical (unpaired) electrons. The van der Waals surface area contributed by atoms with Gasteiger partial charge in [0.05, 0.1) is 13.2 Å². The number of rotatable bonds is 6. The van der Waals surface area contributed by atoms with Gasteiger partial charge >= 0.3 is 10.4 Å². The van der Waals surface area contributed by atoms with Crippen molar-refractivity contribution >= 4 is 10.4 Å². The zero-order valence-electron chi connectivity index (χ0n) is 7.44. The largest absolute Gasteiger partial charge is 0.399 e. The molecule has 0 atom stereocenters. The summed E-state index contributed by atoms with van der Waals surface area (Å²) in [6.45, 7) is 0.597. The average Bonchev–Trinajstić information content (AvgIpc) is 2.92. The first-order valence-electron chi connectivity index (χ1n) is 4.69. The van der Waals surface area contributed by atoms with Crippen molar-refractivity contribution in [2.24, 2.45) is 11.8 Å². The first kappa shape index (κ1) is 9.43. The second kappa shape index (κ2) is 3.55. The van der Waals surface area contributed by atoms with Crippen molar-refractivity contribution < 1.29 is 16.8 Å². The molecule has 0 aromatic carbocycles. The molecule has 0 unspecified atom stereocenters. The summed E-state index contributed by atoms with van der Waals surface area (Å²) in [5, 5.41) is 0. The molecule has 0 heterocycles. The molecule has 2 aliphatic carbocycles. The molecule has 0 saturated heterocycles. The van der Waals surface area contributed by atoms with Crippen LogP contribution in [0.4, 0.5) is 0 Å². The molecule has 0 amide bonds. The van der Waals surface area contributed by atoms with Crippen molar-refractivity contribution in [1.82, 2.24) is 0 Å². The van der Waals surface area contributed by atoms with Crippen molar-refractivity contribution in [1.29, 1.82) is 0 Å². The quantitative estimate of drug-likeness (QED) is 0.652. The summed E-state index contributed by atoms with van der Waals surface area (Å²) in [5.41, 5.74) is 0. The van der Waals surface area contributed by atoms with Crippen LogP contribution in [0.15, 0.2) is 0 Å². The molecule has 2 rings (SSSR count). The van der Waals surface area contributed by atoms with E-state index in [4.69, 9.17) is 0 Å². The fourth-order valence-corrected chi connectivity index (χ4v) is 1.75. The molecule has 2 saturated carbocycles. The van der Waals surface area contributed by atoms with E-state index in [1.807, 2.05) is 0 Å². The maximum atomic E-state index is 11.1. The van der Waals surface area contributed by atoms with Gasteiger partial charge in [0.25, 0.3) is 0 Å². The van der Waals surface area contributed by atoms with E-state index in [1.54, 1.807) is 0 Å². The maximum absolute atomic E-state index is 11.1. The summed E-state index contributed by atoms with van der Waals surface area (Å²) in [4.78, 5) is 0. The third-order valence-corrected chi connectivity index (χ3v) is 3.14. The fraction of sp³-hybridized carbons (Fsp3) is 1.00. The average molecular weight is 206 g/mol. The Morgan fingerprint density at radius 2 is 1.31 bits per heavy atom. The van der Waals surface area contributed by atoms with Crippen LogP contribution in [0.2, 0.25) is 0 Å². The van der Waals surface area contributed by atoms with Crippen molar-refractivity contribution in [2.75, 3.05) is 13.2 Å². The van der Waals surface area contributed by atoms with Gasteiger partial charge in [0.1, 0.15) is 0 Å². The highest BCUT2D eigenvalue weighted by Gasteiger charge is 2.27. The molecule has 2 fully saturated rings. The lowest BCUT2D eigenvalue weighted by Gasteiger charge is -2.03. The van der Waals surface area contributed by atoms with Gasteiger partial charge < -0.3 is 0 Å². The van der Waals surface area contributed by atoms with E-state index in [2.05, 4.69) is 8.37 Å². The van der Waals surface area contributed by atoms with Crippen molar-refractivity contribution in [3.63, 3.8) is 0 Å². The van der Waals surface area contributed by atoms with Crippen LogP contribution in [0.5, 0.6) is 0 Å². The highest BCUT2D eigenvalue weighted by Crippen LogP contribution is 2.31. The number of hydrogen-bond acceptors (Lipinski definition) is 4. The van der Waals surface area contributed by atoms with Crippen LogP contribution in [0.3, 0.4) is 0 Å². The van der Waals surface area contributed by atoms with Gasteiger partial charge in [0.2, 0.25) is 0 Å². The second-order valence-electron chi connectivity index (χ2n) is 3.86. The molecular weight excluding hydrogens is 192 g/mol. The molecule has 13 heavy (non-hydrogen) atoms. The lowest BCUT2D eigenvalue weighted by atomic mass is 10.5. The van der Waals surface area contributed by atoms with E-state index < -0.39 is 10.4 Å². The molecule has 0 N–H and O–H groups in total. The standard InChI is InChI=1S/C8H14O4S/c9-13(10,11-5-7-1-2-7)12-6-8-3-4-8/h7-8H,1-6H2. The van der Waals surface area contributed by atoms with E-state index in [0.717, 1.165) is 25.7 Å².